The fourth-order valence-corrected chi connectivity index (χ4v) is 4.48. The molecule has 0 saturated carbocycles. The summed E-state index contributed by atoms with van der Waals surface area (Å²) < 4.78 is 2.23. The lowest BCUT2D eigenvalue weighted by molar-refractivity contribution is -0.140. The lowest BCUT2D eigenvalue weighted by atomic mass is 9.97. The number of oxime groups is 1. The number of aromatic nitrogens is 1. The molecule has 0 spiro atoms. The Morgan fingerprint density at radius 3 is 2.24 bits per heavy atom. The number of carbonyl (C=O) groups is 2. The van der Waals surface area contributed by atoms with Gasteiger partial charge in [0.05, 0.1) is 5.71 Å². The number of alkyl halides is 1. The second-order valence-electron chi connectivity index (χ2n) is 8.27. The van der Waals surface area contributed by atoms with E-state index < -0.39 is 5.97 Å². The first-order chi connectivity index (χ1) is 16.4. The van der Waals surface area contributed by atoms with E-state index in [1.54, 1.807) is 0 Å². The Bertz CT molecular complexity index is 1420. The molecule has 0 amide bonds. The molecule has 0 radical (unpaired) electrons. The molecule has 0 bridgehead atoms. The Kier molecular flexibility index (Phi) is 7.13. The summed E-state index contributed by atoms with van der Waals surface area (Å²) in [7, 11) is 0. The van der Waals surface area contributed by atoms with Crippen LogP contribution >= 0.6 is 11.6 Å². The molecule has 0 aliphatic heterocycles. The number of aryl methyl sites for hydroxylation is 2. The van der Waals surface area contributed by atoms with Crippen LogP contribution in [0, 0.1) is 6.92 Å². The number of benzene rings is 3. The Balaban J connectivity index is 1.87. The van der Waals surface area contributed by atoms with E-state index in [0.717, 1.165) is 39.5 Å². The van der Waals surface area contributed by atoms with Crippen molar-refractivity contribution in [2.45, 2.75) is 40.2 Å². The van der Waals surface area contributed by atoms with Gasteiger partial charge < -0.3 is 9.40 Å². The van der Waals surface area contributed by atoms with Gasteiger partial charge in [-0.2, -0.15) is 0 Å². The van der Waals surface area contributed by atoms with Crippen molar-refractivity contribution < 1.29 is 14.4 Å². The smallest absolute Gasteiger partial charge is 0.331 e. The summed E-state index contributed by atoms with van der Waals surface area (Å²) >= 11 is 5.90. The number of rotatable bonds is 8. The van der Waals surface area contributed by atoms with Crippen LogP contribution in [0.25, 0.3) is 21.8 Å². The van der Waals surface area contributed by atoms with Crippen LogP contribution in [0.2, 0.25) is 0 Å². The van der Waals surface area contributed by atoms with Crippen molar-refractivity contribution in [2.24, 2.45) is 5.16 Å². The van der Waals surface area contributed by atoms with Crippen LogP contribution in [0.15, 0.2) is 65.8 Å². The first kappa shape index (κ1) is 23.7. The van der Waals surface area contributed by atoms with Crippen LogP contribution in [-0.4, -0.2) is 27.9 Å². The normalized spacial score (nSPS) is 11.8. The van der Waals surface area contributed by atoms with Crippen LogP contribution in [0.5, 0.6) is 0 Å². The highest BCUT2D eigenvalue weighted by atomic mass is 35.5. The minimum absolute atomic E-state index is 0.00720. The van der Waals surface area contributed by atoms with Gasteiger partial charge in [-0.3, -0.25) is 4.79 Å². The third kappa shape index (κ3) is 4.62. The van der Waals surface area contributed by atoms with Crippen molar-refractivity contribution >= 4 is 50.9 Å². The second-order valence-corrected chi connectivity index (χ2v) is 8.64. The molecule has 0 aliphatic rings. The number of hydrogen-bond donors (Lipinski definition) is 0. The molecule has 0 fully saturated rings. The third-order valence-corrected chi connectivity index (χ3v) is 6.27. The molecular weight excluding hydrogens is 448 g/mol. The van der Waals surface area contributed by atoms with Gasteiger partial charge in [0.1, 0.15) is 0 Å². The van der Waals surface area contributed by atoms with Gasteiger partial charge in [-0.1, -0.05) is 35.5 Å². The Labute approximate surface area is 204 Å². The summed E-state index contributed by atoms with van der Waals surface area (Å²) in [4.78, 5) is 29.6. The maximum Gasteiger partial charge on any atom is 0.331 e. The molecule has 0 atom stereocenters. The number of nitrogens with zero attached hydrogens (tertiary/aromatic N) is 2. The molecule has 6 heteroatoms. The van der Waals surface area contributed by atoms with E-state index in [2.05, 4.69) is 28.8 Å². The topological polar surface area (TPSA) is 60.7 Å². The summed E-state index contributed by atoms with van der Waals surface area (Å²) in [5.41, 5.74) is 5.99. The van der Waals surface area contributed by atoms with Gasteiger partial charge in [0, 0.05) is 57.8 Å². The maximum absolute atomic E-state index is 13.3. The van der Waals surface area contributed by atoms with Gasteiger partial charge >= 0.3 is 5.97 Å². The van der Waals surface area contributed by atoms with Crippen molar-refractivity contribution in [1.29, 1.82) is 0 Å². The van der Waals surface area contributed by atoms with E-state index in [1.165, 1.54) is 6.92 Å². The van der Waals surface area contributed by atoms with Crippen LogP contribution in [0.3, 0.4) is 0 Å². The van der Waals surface area contributed by atoms with Gasteiger partial charge in [-0.05, 0) is 62.6 Å². The zero-order valence-electron chi connectivity index (χ0n) is 19.6. The van der Waals surface area contributed by atoms with Gasteiger partial charge in [-0.25, -0.2) is 4.79 Å². The summed E-state index contributed by atoms with van der Waals surface area (Å²) in [5.74, 6) is 0.0279. The van der Waals surface area contributed by atoms with Gasteiger partial charge in [0.25, 0.3) is 0 Å². The summed E-state index contributed by atoms with van der Waals surface area (Å²) in [5, 5.41) is 6.11. The van der Waals surface area contributed by atoms with Crippen molar-refractivity contribution in [1.82, 2.24) is 4.57 Å². The second kappa shape index (κ2) is 10.2. The lowest BCUT2D eigenvalue weighted by Gasteiger charge is -2.07. The van der Waals surface area contributed by atoms with Crippen LogP contribution in [0.1, 0.15) is 53.7 Å². The van der Waals surface area contributed by atoms with Crippen LogP contribution in [-0.2, 0) is 16.2 Å². The number of ketones is 1. The number of halogens is 1. The average Bonchev–Trinajstić information content (AvgIpc) is 3.16. The van der Waals surface area contributed by atoms with Gasteiger partial charge in [0.15, 0.2) is 5.78 Å². The molecule has 4 rings (SSSR count). The third-order valence-electron chi connectivity index (χ3n) is 6.00. The molecule has 4 aromatic rings. The predicted octanol–water partition coefficient (Wildman–Crippen LogP) is 6.64. The highest BCUT2D eigenvalue weighted by molar-refractivity contribution is 6.18. The van der Waals surface area contributed by atoms with Gasteiger partial charge in [-0.15, -0.1) is 11.6 Å². The molecule has 3 aromatic carbocycles. The quantitative estimate of drug-likeness (QED) is 0.0945. The Morgan fingerprint density at radius 2 is 1.62 bits per heavy atom. The van der Waals surface area contributed by atoms with E-state index in [-0.39, 0.29) is 5.78 Å². The molecule has 5 nitrogen and oxygen atoms in total. The Hall–Kier alpha value is -3.44. The molecular formula is C28H27ClN2O3. The number of hydrogen-bond acceptors (Lipinski definition) is 4. The SMILES string of the molecule is CCn1c2ccc(C(=O)c3ccccc3C)cc2c2cc(/C(CCCCl)=N/OC(C)=O)ccc21. The summed E-state index contributed by atoms with van der Waals surface area (Å²) in [6.07, 6.45) is 1.30. The van der Waals surface area contributed by atoms with E-state index in [4.69, 9.17) is 16.4 Å². The van der Waals surface area contributed by atoms with Crippen LogP contribution < -0.4 is 0 Å². The number of fused-ring (bicyclic) bond motifs is 3. The first-order valence-corrected chi connectivity index (χ1v) is 11.9. The molecule has 0 saturated heterocycles. The minimum Gasteiger partial charge on any atom is -0.341 e. The van der Waals surface area contributed by atoms with E-state index in [0.29, 0.717) is 35.6 Å². The number of carbonyl (C=O) groups excluding carboxylic acids is 2. The van der Waals surface area contributed by atoms with Gasteiger partial charge in [0.2, 0.25) is 0 Å². The standard InChI is InChI=1S/C28H27ClN2O3/c1-4-31-26-13-11-20(25(10-7-15-29)30-34-19(3)32)16-23(26)24-17-21(12-14-27(24)31)28(33)22-9-6-5-8-18(22)2/h5-6,8-9,11-14,16-17H,4,7,10,15H2,1-3H3/b30-25+. The van der Waals surface area contributed by atoms with Crippen molar-refractivity contribution in [3.63, 3.8) is 0 Å². The molecule has 0 aliphatic carbocycles. The largest absolute Gasteiger partial charge is 0.341 e. The van der Waals surface area contributed by atoms with Crippen molar-refractivity contribution in [3.8, 4) is 0 Å². The van der Waals surface area contributed by atoms with E-state index >= 15 is 0 Å². The first-order valence-electron chi connectivity index (χ1n) is 11.4. The summed E-state index contributed by atoms with van der Waals surface area (Å²) in [6.45, 7) is 6.18. The van der Waals surface area contributed by atoms with Crippen molar-refractivity contribution in [3.05, 3.63) is 82.9 Å². The minimum atomic E-state index is -0.466. The maximum atomic E-state index is 13.3. The zero-order chi connectivity index (χ0) is 24.2. The average molecular weight is 475 g/mol. The molecule has 0 unspecified atom stereocenters. The monoisotopic (exact) mass is 474 g/mol. The van der Waals surface area contributed by atoms with E-state index in [1.807, 2.05) is 55.5 Å². The van der Waals surface area contributed by atoms with E-state index in [9.17, 15) is 9.59 Å². The highest BCUT2D eigenvalue weighted by Gasteiger charge is 2.17. The fourth-order valence-electron chi connectivity index (χ4n) is 4.34. The molecule has 34 heavy (non-hydrogen) atoms. The predicted molar refractivity (Wildman–Crippen MR) is 138 cm³/mol. The molecule has 174 valence electrons. The zero-order valence-corrected chi connectivity index (χ0v) is 20.4. The van der Waals surface area contributed by atoms with Crippen molar-refractivity contribution in [2.75, 3.05) is 5.88 Å². The highest BCUT2D eigenvalue weighted by Crippen LogP contribution is 2.32. The molecule has 0 N–H and O–H groups in total. The van der Waals surface area contributed by atoms with Crippen LogP contribution in [0.4, 0.5) is 0 Å². The molecule has 1 aromatic heterocycles. The molecule has 1 heterocycles. The fraction of sp³-hybridized carbons (Fsp3) is 0.250. The Morgan fingerprint density at radius 1 is 0.971 bits per heavy atom. The summed E-state index contributed by atoms with van der Waals surface area (Å²) in [6, 6.07) is 19.6. The lowest BCUT2D eigenvalue weighted by Crippen LogP contribution is -2.05.